The molecule has 0 bridgehead atoms. The number of hydrogen-bond acceptors (Lipinski definition) is 6. The van der Waals surface area contributed by atoms with E-state index >= 15 is 0 Å². The molecule has 0 radical (unpaired) electrons. The Labute approximate surface area is 199 Å². The molecule has 2 rings (SSSR count). The normalized spacial score (nSPS) is 19.3. The van der Waals surface area contributed by atoms with Gasteiger partial charge in [-0.25, -0.2) is 4.79 Å². The molecule has 0 saturated carbocycles. The number of carboxylic acids is 1. The van der Waals surface area contributed by atoms with Gasteiger partial charge >= 0.3 is 5.97 Å². The van der Waals surface area contributed by atoms with Crippen molar-refractivity contribution in [2.75, 3.05) is 12.3 Å². The zero-order chi connectivity index (χ0) is 24.5. The first-order valence-electron chi connectivity index (χ1n) is 11.2. The van der Waals surface area contributed by atoms with E-state index < -0.39 is 47.9 Å². The minimum Gasteiger partial charge on any atom is -0.480 e. The van der Waals surface area contributed by atoms with Gasteiger partial charge in [-0.05, 0) is 30.7 Å². The third-order valence-corrected chi connectivity index (χ3v) is 6.41. The predicted octanol–water partition coefficient (Wildman–Crippen LogP) is 0.578. The molecular weight excluding hydrogens is 444 g/mol. The molecule has 1 aliphatic heterocycles. The SMILES string of the molecule is CCC(C)C(NC(=O)C(CS)NC(=O)C(N)Cc1ccccc1)C(=O)N1CCCC1C(=O)O. The molecule has 0 spiro atoms. The number of thiol groups is 1. The van der Waals surface area contributed by atoms with Crippen molar-refractivity contribution in [3.63, 3.8) is 0 Å². The van der Waals surface area contributed by atoms with E-state index in [4.69, 9.17) is 5.73 Å². The number of aliphatic carboxylic acids is 1. The predicted molar refractivity (Wildman–Crippen MR) is 128 cm³/mol. The lowest BCUT2D eigenvalue weighted by molar-refractivity contribution is -0.150. The molecule has 3 amide bonds. The highest BCUT2D eigenvalue weighted by atomic mass is 32.1. The standard InChI is InChI=1S/C23H34N4O5S/c1-3-14(2)19(22(30)27-11-7-10-18(27)23(31)32)26-21(29)17(13-33)25-20(28)16(24)12-15-8-5-4-6-9-15/h4-6,8-9,14,16-19,33H,3,7,10-13,24H2,1-2H3,(H,25,28)(H,26,29)(H,31,32). The van der Waals surface area contributed by atoms with Crippen LogP contribution in [-0.2, 0) is 25.6 Å². The van der Waals surface area contributed by atoms with Gasteiger partial charge in [-0.1, -0.05) is 50.6 Å². The van der Waals surface area contributed by atoms with Gasteiger partial charge in [0.25, 0.3) is 0 Å². The highest BCUT2D eigenvalue weighted by molar-refractivity contribution is 7.80. The summed E-state index contributed by atoms with van der Waals surface area (Å²) in [6, 6.07) is 5.66. The Hall–Kier alpha value is -2.59. The fourth-order valence-electron chi connectivity index (χ4n) is 3.84. The van der Waals surface area contributed by atoms with Crippen molar-refractivity contribution >= 4 is 36.3 Å². The average Bonchev–Trinajstić information content (AvgIpc) is 3.30. The van der Waals surface area contributed by atoms with Crippen LogP contribution in [0.15, 0.2) is 30.3 Å². The Bertz CT molecular complexity index is 837. The number of hydrogen-bond donors (Lipinski definition) is 5. The second-order valence-electron chi connectivity index (χ2n) is 8.44. The van der Waals surface area contributed by atoms with Gasteiger partial charge in [0.1, 0.15) is 18.1 Å². The minimum atomic E-state index is -1.05. The zero-order valence-electron chi connectivity index (χ0n) is 19.1. The lowest BCUT2D eigenvalue weighted by Crippen LogP contribution is -2.59. The number of likely N-dealkylation sites (tertiary alicyclic amines) is 1. The number of carbonyl (C=O) groups excluding carboxylic acids is 3. The maximum atomic E-state index is 13.2. The Morgan fingerprint density at radius 3 is 2.42 bits per heavy atom. The summed E-state index contributed by atoms with van der Waals surface area (Å²) < 4.78 is 0. The van der Waals surface area contributed by atoms with Crippen molar-refractivity contribution in [2.45, 2.75) is 63.7 Å². The Morgan fingerprint density at radius 2 is 1.85 bits per heavy atom. The summed E-state index contributed by atoms with van der Waals surface area (Å²) in [6.07, 6.45) is 1.89. The molecule has 5 atom stereocenters. The molecule has 0 aliphatic carbocycles. The van der Waals surface area contributed by atoms with E-state index in [9.17, 15) is 24.3 Å². The largest absolute Gasteiger partial charge is 0.480 e. The molecule has 1 aromatic rings. The van der Waals surface area contributed by atoms with E-state index in [0.717, 1.165) is 5.56 Å². The molecular formula is C23H34N4O5S. The van der Waals surface area contributed by atoms with Gasteiger partial charge in [0, 0.05) is 12.3 Å². The molecule has 9 nitrogen and oxygen atoms in total. The van der Waals surface area contributed by atoms with Gasteiger partial charge < -0.3 is 26.4 Å². The summed E-state index contributed by atoms with van der Waals surface area (Å²) in [6.45, 7) is 4.04. The van der Waals surface area contributed by atoms with E-state index in [1.807, 2.05) is 44.2 Å². The van der Waals surface area contributed by atoms with E-state index in [0.29, 0.717) is 32.2 Å². The van der Waals surface area contributed by atoms with Crippen molar-refractivity contribution in [1.82, 2.24) is 15.5 Å². The number of nitrogens with zero attached hydrogens (tertiary/aromatic N) is 1. The average molecular weight is 479 g/mol. The number of nitrogens with two attached hydrogens (primary N) is 1. The van der Waals surface area contributed by atoms with Crippen LogP contribution in [0.3, 0.4) is 0 Å². The lowest BCUT2D eigenvalue weighted by Gasteiger charge is -2.31. The summed E-state index contributed by atoms with van der Waals surface area (Å²) in [7, 11) is 0. The quantitative estimate of drug-likeness (QED) is 0.295. The van der Waals surface area contributed by atoms with Crippen molar-refractivity contribution in [2.24, 2.45) is 11.7 Å². The Balaban J connectivity index is 2.05. The molecule has 5 unspecified atom stereocenters. The van der Waals surface area contributed by atoms with Gasteiger partial charge in [0.2, 0.25) is 17.7 Å². The van der Waals surface area contributed by atoms with Gasteiger partial charge in [0.05, 0.1) is 6.04 Å². The van der Waals surface area contributed by atoms with E-state index in [1.54, 1.807) is 0 Å². The van der Waals surface area contributed by atoms with Crippen LogP contribution in [0.4, 0.5) is 0 Å². The topological polar surface area (TPSA) is 142 Å². The molecule has 1 heterocycles. The Kier molecular flexibility index (Phi) is 10.2. The molecule has 10 heteroatoms. The van der Waals surface area contributed by atoms with Crippen molar-refractivity contribution in [3.8, 4) is 0 Å². The number of carbonyl (C=O) groups is 4. The van der Waals surface area contributed by atoms with Crippen molar-refractivity contribution in [1.29, 1.82) is 0 Å². The van der Waals surface area contributed by atoms with Gasteiger partial charge in [-0.2, -0.15) is 12.6 Å². The molecule has 1 fully saturated rings. The van der Waals surface area contributed by atoms with Gasteiger partial charge in [-0.3, -0.25) is 14.4 Å². The van der Waals surface area contributed by atoms with E-state index in [-0.39, 0.29) is 11.7 Å². The summed E-state index contributed by atoms with van der Waals surface area (Å²) in [5, 5.41) is 14.8. The number of amides is 3. The first-order chi connectivity index (χ1) is 15.7. The zero-order valence-corrected chi connectivity index (χ0v) is 20.0. The first kappa shape index (κ1) is 26.7. The fourth-order valence-corrected chi connectivity index (χ4v) is 4.09. The molecule has 1 aliphatic rings. The van der Waals surface area contributed by atoms with Gasteiger partial charge in [0.15, 0.2) is 0 Å². The third kappa shape index (κ3) is 7.20. The second kappa shape index (κ2) is 12.6. The van der Waals surface area contributed by atoms with Crippen LogP contribution in [0, 0.1) is 5.92 Å². The van der Waals surface area contributed by atoms with Crippen molar-refractivity contribution in [3.05, 3.63) is 35.9 Å². The van der Waals surface area contributed by atoms with Crippen LogP contribution in [0.5, 0.6) is 0 Å². The van der Waals surface area contributed by atoms with Gasteiger partial charge in [-0.15, -0.1) is 0 Å². The summed E-state index contributed by atoms with van der Waals surface area (Å²) in [5.74, 6) is -2.75. The maximum absolute atomic E-state index is 13.2. The first-order valence-corrected chi connectivity index (χ1v) is 11.9. The molecule has 1 saturated heterocycles. The molecule has 0 aromatic heterocycles. The number of rotatable bonds is 11. The van der Waals surface area contributed by atoms with Crippen LogP contribution < -0.4 is 16.4 Å². The minimum absolute atomic E-state index is 0.0124. The van der Waals surface area contributed by atoms with Crippen molar-refractivity contribution < 1.29 is 24.3 Å². The van der Waals surface area contributed by atoms with Crippen LogP contribution in [-0.4, -0.2) is 70.2 Å². The molecule has 1 aromatic carbocycles. The molecule has 182 valence electrons. The third-order valence-electron chi connectivity index (χ3n) is 6.05. The maximum Gasteiger partial charge on any atom is 0.326 e. The van der Waals surface area contributed by atoms with Crippen LogP contribution >= 0.6 is 12.6 Å². The summed E-state index contributed by atoms with van der Waals surface area (Å²) >= 11 is 4.19. The van der Waals surface area contributed by atoms with E-state index in [1.165, 1.54) is 4.90 Å². The van der Waals surface area contributed by atoms with Crippen LogP contribution in [0.25, 0.3) is 0 Å². The van der Waals surface area contributed by atoms with Crippen LogP contribution in [0.2, 0.25) is 0 Å². The molecule has 33 heavy (non-hydrogen) atoms. The summed E-state index contributed by atoms with van der Waals surface area (Å²) in [5.41, 5.74) is 6.91. The summed E-state index contributed by atoms with van der Waals surface area (Å²) in [4.78, 5) is 51.5. The van der Waals surface area contributed by atoms with E-state index in [2.05, 4.69) is 23.3 Å². The monoisotopic (exact) mass is 478 g/mol. The lowest BCUT2D eigenvalue weighted by atomic mass is 9.97. The number of benzene rings is 1. The van der Waals surface area contributed by atoms with Crippen LogP contribution in [0.1, 0.15) is 38.7 Å². The highest BCUT2D eigenvalue weighted by Crippen LogP contribution is 2.21. The Morgan fingerprint density at radius 1 is 1.18 bits per heavy atom. The fraction of sp³-hybridized carbons (Fsp3) is 0.565. The number of carboxylic acid groups (broad SMARTS) is 1. The smallest absolute Gasteiger partial charge is 0.326 e. The number of nitrogens with one attached hydrogen (secondary N) is 2. The second-order valence-corrected chi connectivity index (χ2v) is 8.80. The molecule has 5 N–H and O–H groups in total. The highest BCUT2D eigenvalue weighted by Gasteiger charge is 2.39.